The van der Waals surface area contributed by atoms with Gasteiger partial charge in [-0.1, -0.05) is 6.07 Å². The molecule has 2 heterocycles. The van der Waals surface area contributed by atoms with Crippen LogP contribution in [-0.4, -0.2) is 43.2 Å². The third-order valence-corrected chi connectivity index (χ3v) is 4.50. The Morgan fingerprint density at radius 2 is 2.17 bits per heavy atom. The first-order valence-corrected chi connectivity index (χ1v) is 7.71. The van der Waals surface area contributed by atoms with Gasteiger partial charge in [-0.3, -0.25) is 4.79 Å². The van der Waals surface area contributed by atoms with Crippen molar-refractivity contribution >= 4 is 5.91 Å². The maximum Gasteiger partial charge on any atom is 0.416 e. The fourth-order valence-corrected chi connectivity index (χ4v) is 3.22. The highest BCUT2D eigenvalue weighted by atomic mass is 19.4. The number of hydrogen-bond acceptors (Lipinski definition) is 3. The number of morpholine rings is 1. The summed E-state index contributed by atoms with van der Waals surface area (Å²) in [5, 5.41) is 3.12. The maximum absolute atomic E-state index is 12.8. The number of carbonyl (C=O) groups is 1. The highest BCUT2D eigenvalue weighted by Gasteiger charge is 2.35. The van der Waals surface area contributed by atoms with Gasteiger partial charge < -0.3 is 15.0 Å². The zero-order valence-electron chi connectivity index (χ0n) is 12.8. The lowest BCUT2D eigenvalue weighted by atomic mass is 9.91. The van der Waals surface area contributed by atoms with Crippen molar-refractivity contribution < 1.29 is 22.7 Å². The van der Waals surface area contributed by atoms with E-state index in [2.05, 4.69) is 5.32 Å². The van der Waals surface area contributed by atoms with Crippen LogP contribution in [0.1, 0.15) is 29.7 Å². The van der Waals surface area contributed by atoms with E-state index in [0.29, 0.717) is 31.7 Å². The van der Waals surface area contributed by atoms with E-state index < -0.39 is 17.8 Å². The zero-order valence-corrected chi connectivity index (χ0v) is 12.8. The van der Waals surface area contributed by atoms with Gasteiger partial charge in [-0.25, -0.2) is 0 Å². The molecular formula is C16H19F3N2O2. The number of nitrogens with zero attached hydrogens (tertiary/aromatic N) is 1. The summed E-state index contributed by atoms with van der Waals surface area (Å²) in [6.07, 6.45) is -4.43. The molecule has 0 unspecified atom stereocenters. The molecule has 1 saturated heterocycles. The van der Waals surface area contributed by atoms with Crippen molar-refractivity contribution in [1.82, 2.24) is 10.2 Å². The number of benzene rings is 1. The minimum absolute atomic E-state index is 0.102. The second-order valence-electron chi connectivity index (χ2n) is 5.93. The zero-order chi connectivity index (χ0) is 16.6. The van der Waals surface area contributed by atoms with E-state index in [9.17, 15) is 18.0 Å². The molecule has 4 nitrogen and oxygen atoms in total. The van der Waals surface area contributed by atoms with Crippen LogP contribution in [0.3, 0.4) is 0 Å². The summed E-state index contributed by atoms with van der Waals surface area (Å²) in [4.78, 5) is 14.3. The van der Waals surface area contributed by atoms with E-state index in [-0.39, 0.29) is 11.9 Å². The monoisotopic (exact) mass is 328 g/mol. The van der Waals surface area contributed by atoms with Gasteiger partial charge in [0.1, 0.15) is 6.10 Å². The average molecular weight is 328 g/mol. The average Bonchev–Trinajstić information content (AvgIpc) is 2.54. The van der Waals surface area contributed by atoms with Crippen LogP contribution in [-0.2, 0) is 22.1 Å². The Morgan fingerprint density at radius 3 is 2.83 bits per heavy atom. The number of halogens is 3. The van der Waals surface area contributed by atoms with Gasteiger partial charge in [0.05, 0.1) is 18.2 Å². The highest BCUT2D eigenvalue weighted by Crippen LogP contribution is 2.35. The molecule has 3 rings (SSSR count). The van der Waals surface area contributed by atoms with Gasteiger partial charge in [-0.2, -0.15) is 13.2 Å². The lowest BCUT2D eigenvalue weighted by Gasteiger charge is -2.38. The number of ether oxygens (including phenoxy) is 1. The Balaban J connectivity index is 1.80. The number of fused-ring (bicyclic) bond motifs is 1. The van der Waals surface area contributed by atoms with Gasteiger partial charge in [-0.15, -0.1) is 0 Å². The summed E-state index contributed by atoms with van der Waals surface area (Å²) in [5.74, 6) is -0.102. The number of alkyl halides is 3. The molecule has 0 aliphatic carbocycles. The number of rotatable bonds is 1. The fraction of sp³-hybridized carbons (Fsp3) is 0.562. The summed E-state index contributed by atoms with van der Waals surface area (Å²) in [5.41, 5.74) is 0.809. The van der Waals surface area contributed by atoms with Crippen molar-refractivity contribution in [2.24, 2.45) is 0 Å². The smallest absolute Gasteiger partial charge is 0.366 e. The molecule has 2 aliphatic rings. The van der Waals surface area contributed by atoms with Crippen LogP contribution >= 0.6 is 0 Å². The molecule has 23 heavy (non-hydrogen) atoms. The van der Waals surface area contributed by atoms with Crippen molar-refractivity contribution in [2.45, 2.75) is 31.7 Å². The van der Waals surface area contributed by atoms with E-state index in [4.69, 9.17) is 4.74 Å². The van der Waals surface area contributed by atoms with Crippen molar-refractivity contribution in [1.29, 1.82) is 0 Å². The second-order valence-corrected chi connectivity index (χ2v) is 5.93. The molecule has 1 N–H and O–H groups in total. The summed E-state index contributed by atoms with van der Waals surface area (Å²) < 4.78 is 43.9. The van der Waals surface area contributed by atoms with E-state index in [1.54, 1.807) is 4.90 Å². The number of nitrogens with one attached hydrogen (secondary N) is 1. The van der Waals surface area contributed by atoms with Gasteiger partial charge in [0, 0.05) is 19.6 Å². The Hall–Kier alpha value is -1.60. The van der Waals surface area contributed by atoms with Crippen molar-refractivity contribution in [3.8, 4) is 0 Å². The second kappa shape index (κ2) is 6.13. The fourth-order valence-electron chi connectivity index (χ4n) is 3.22. The SMILES string of the molecule is C[C@H]1c2ccc(C(F)(F)F)cc2CCN1C(=O)[C@H]1CNCCO1. The normalized spacial score (nSPS) is 25.1. The lowest BCUT2D eigenvalue weighted by molar-refractivity contribution is -0.148. The highest BCUT2D eigenvalue weighted by molar-refractivity contribution is 5.82. The Kier molecular flexibility index (Phi) is 4.33. The Bertz CT molecular complexity index is 597. The quantitative estimate of drug-likeness (QED) is 0.859. The van der Waals surface area contributed by atoms with Crippen LogP contribution in [0.15, 0.2) is 18.2 Å². The minimum atomic E-state index is -4.34. The molecule has 0 radical (unpaired) electrons. The van der Waals surface area contributed by atoms with Gasteiger partial charge in [0.15, 0.2) is 0 Å². The first-order chi connectivity index (χ1) is 10.9. The topological polar surface area (TPSA) is 41.6 Å². The molecule has 1 fully saturated rings. The van der Waals surface area contributed by atoms with Crippen LogP contribution in [0.25, 0.3) is 0 Å². The predicted octanol–water partition coefficient (Wildman–Crippen LogP) is 2.14. The van der Waals surface area contributed by atoms with E-state index in [0.717, 1.165) is 18.2 Å². The minimum Gasteiger partial charge on any atom is -0.366 e. The lowest BCUT2D eigenvalue weighted by Crippen LogP contribution is -2.51. The standard InChI is InChI=1S/C16H19F3N2O2/c1-10-13-3-2-12(16(17,18)19)8-11(13)4-6-21(10)15(22)14-9-20-5-7-23-14/h2-3,8,10,14,20H,4-7,9H2,1H3/t10-,14+/m0/s1. The van der Waals surface area contributed by atoms with Gasteiger partial charge in [0.25, 0.3) is 5.91 Å². The van der Waals surface area contributed by atoms with E-state index in [1.165, 1.54) is 12.1 Å². The number of carbonyl (C=O) groups excluding carboxylic acids is 1. The first kappa shape index (κ1) is 16.3. The van der Waals surface area contributed by atoms with Crippen LogP contribution < -0.4 is 5.32 Å². The van der Waals surface area contributed by atoms with Gasteiger partial charge in [-0.05, 0) is 36.6 Å². The van der Waals surface area contributed by atoms with Crippen molar-refractivity contribution in [3.05, 3.63) is 34.9 Å². The Labute approximate surface area is 132 Å². The number of amides is 1. The molecule has 0 spiro atoms. The molecule has 1 aromatic carbocycles. The van der Waals surface area contributed by atoms with Crippen molar-refractivity contribution in [2.75, 3.05) is 26.2 Å². The summed E-state index contributed by atoms with van der Waals surface area (Å²) >= 11 is 0. The number of hydrogen-bond donors (Lipinski definition) is 1. The Morgan fingerprint density at radius 1 is 1.39 bits per heavy atom. The molecule has 2 atom stereocenters. The largest absolute Gasteiger partial charge is 0.416 e. The molecule has 0 saturated carbocycles. The molecule has 126 valence electrons. The van der Waals surface area contributed by atoms with Gasteiger partial charge in [0.2, 0.25) is 0 Å². The van der Waals surface area contributed by atoms with Crippen LogP contribution in [0.5, 0.6) is 0 Å². The predicted molar refractivity (Wildman–Crippen MR) is 77.9 cm³/mol. The van der Waals surface area contributed by atoms with E-state index >= 15 is 0 Å². The third kappa shape index (κ3) is 3.21. The van der Waals surface area contributed by atoms with E-state index in [1.807, 2.05) is 6.92 Å². The molecule has 0 aromatic heterocycles. The van der Waals surface area contributed by atoms with Crippen LogP contribution in [0.4, 0.5) is 13.2 Å². The molecule has 2 aliphatic heterocycles. The first-order valence-electron chi connectivity index (χ1n) is 7.71. The van der Waals surface area contributed by atoms with Crippen LogP contribution in [0.2, 0.25) is 0 Å². The summed E-state index contributed by atoms with van der Waals surface area (Å²) in [6.45, 7) is 3.95. The summed E-state index contributed by atoms with van der Waals surface area (Å²) in [7, 11) is 0. The van der Waals surface area contributed by atoms with Crippen molar-refractivity contribution in [3.63, 3.8) is 0 Å². The summed E-state index contributed by atoms with van der Waals surface area (Å²) in [6, 6.07) is 3.52. The molecule has 0 bridgehead atoms. The molecule has 7 heteroatoms. The molecular weight excluding hydrogens is 309 g/mol. The third-order valence-electron chi connectivity index (χ3n) is 4.50. The van der Waals surface area contributed by atoms with Crippen LogP contribution in [0, 0.1) is 0 Å². The molecule has 1 amide bonds. The molecule has 1 aromatic rings. The van der Waals surface area contributed by atoms with Gasteiger partial charge >= 0.3 is 6.18 Å². The maximum atomic E-state index is 12.8.